The lowest BCUT2D eigenvalue weighted by atomic mass is 9.86. The zero-order valence-corrected chi connectivity index (χ0v) is 10.9. The molecule has 1 amide bonds. The smallest absolute Gasteiger partial charge is 0.242 e. The Balaban J connectivity index is 2.83. The van der Waals surface area contributed by atoms with Crippen molar-refractivity contribution >= 4 is 23.2 Å². The number of amides is 1. The maximum Gasteiger partial charge on any atom is 0.242 e. The Morgan fingerprint density at radius 1 is 1.41 bits per heavy atom. The summed E-state index contributed by atoms with van der Waals surface area (Å²) in [5.41, 5.74) is 1.07. The molecule has 0 aromatic heterocycles. The molecule has 90 valence electrons. The van der Waals surface area contributed by atoms with Crippen LogP contribution in [-0.4, -0.2) is 11.3 Å². The lowest BCUT2D eigenvalue weighted by Crippen LogP contribution is -2.20. The van der Waals surface area contributed by atoms with Crippen LogP contribution in [-0.2, 0) is 10.2 Å². The van der Waals surface area contributed by atoms with Crippen LogP contribution in [0.15, 0.2) is 24.3 Å². The molecule has 17 heavy (non-hydrogen) atoms. The first-order chi connectivity index (χ1) is 7.86. The fourth-order valence-electron chi connectivity index (χ4n) is 1.28. The Bertz CT molecular complexity index is 443. The number of nitrogens with zero attached hydrogens (tertiary/aromatic N) is 1. The molecule has 0 aliphatic heterocycles. The second kappa shape index (κ2) is 5.20. The maximum atomic E-state index is 11.4. The first-order valence-electron chi connectivity index (χ1n) is 5.33. The molecule has 0 fully saturated rings. The van der Waals surface area contributed by atoms with Crippen LogP contribution >= 0.6 is 11.6 Å². The number of nitrogens with one attached hydrogen (secondary N) is 1. The van der Waals surface area contributed by atoms with Crippen LogP contribution in [0.3, 0.4) is 0 Å². The highest BCUT2D eigenvalue weighted by atomic mass is 35.5. The van der Waals surface area contributed by atoms with E-state index in [1.54, 1.807) is 19.1 Å². The van der Waals surface area contributed by atoms with E-state index in [1.165, 1.54) is 0 Å². The van der Waals surface area contributed by atoms with Crippen LogP contribution in [0.1, 0.15) is 26.3 Å². The van der Waals surface area contributed by atoms with Gasteiger partial charge in [-0.1, -0.05) is 12.1 Å². The fraction of sp³-hybridized carbons (Fsp3) is 0.385. The van der Waals surface area contributed by atoms with Gasteiger partial charge in [-0.05, 0) is 38.5 Å². The molecule has 1 aromatic carbocycles. The van der Waals surface area contributed by atoms with Crippen LogP contribution in [0.2, 0.25) is 0 Å². The van der Waals surface area contributed by atoms with E-state index in [0.717, 1.165) is 5.56 Å². The molecule has 1 atom stereocenters. The van der Waals surface area contributed by atoms with Crippen molar-refractivity contribution in [2.24, 2.45) is 0 Å². The molecule has 0 spiro atoms. The number of carbonyl (C=O) groups excluding carboxylic acids is 1. The Labute approximate surface area is 106 Å². The molecule has 0 saturated carbocycles. The third-order valence-electron chi connectivity index (χ3n) is 2.51. The zero-order valence-electron chi connectivity index (χ0n) is 10.1. The standard InChI is InChI=1S/C13H15ClN2O/c1-9(14)12(17)16-11-6-4-10(5-7-11)13(2,3)8-15/h4-7,9H,1-3H3,(H,16,17). The summed E-state index contributed by atoms with van der Waals surface area (Å²) in [4.78, 5) is 11.4. The minimum Gasteiger partial charge on any atom is -0.325 e. The van der Waals surface area contributed by atoms with E-state index in [2.05, 4.69) is 11.4 Å². The van der Waals surface area contributed by atoms with Gasteiger partial charge in [0.25, 0.3) is 0 Å². The highest BCUT2D eigenvalue weighted by Gasteiger charge is 2.19. The summed E-state index contributed by atoms with van der Waals surface area (Å²) in [5, 5.41) is 11.1. The molecule has 0 bridgehead atoms. The Morgan fingerprint density at radius 3 is 2.35 bits per heavy atom. The summed E-state index contributed by atoms with van der Waals surface area (Å²) in [5.74, 6) is -0.237. The number of halogens is 1. The second-order valence-electron chi connectivity index (χ2n) is 4.42. The first-order valence-corrected chi connectivity index (χ1v) is 5.77. The third kappa shape index (κ3) is 3.47. The number of benzene rings is 1. The molecule has 0 radical (unpaired) electrons. The highest BCUT2D eigenvalue weighted by Crippen LogP contribution is 2.23. The Kier molecular flexibility index (Phi) is 4.14. The van der Waals surface area contributed by atoms with Gasteiger partial charge in [-0.25, -0.2) is 0 Å². The van der Waals surface area contributed by atoms with E-state index in [1.807, 2.05) is 26.0 Å². The molecule has 1 aromatic rings. The van der Waals surface area contributed by atoms with E-state index >= 15 is 0 Å². The summed E-state index contributed by atoms with van der Waals surface area (Å²) >= 11 is 5.65. The first kappa shape index (κ1) is 13.5. The molecule has 1 unspecified atom stereocenters. The van der Waals surface area contributed by atoms with Crippen molar-refractivity contribution in [3.63, 3.8) is 0 Å². The second-order valence-corrected chi connectivity index (χ2v) is 5.07. The van der Waals surface area contributed by atoms with E-state index in [4.69, 9.17) is 16.9 Å². The van der Waals surface area contributed by atoms with Crippen molar-refractivity contribution in [3.05, 3.63) is 29.8 Å². The van der Waals surface area contributed by atoms with Gasteiger partial charge in [0, 0.05) is 5.69 Å². The SMILES string of the molecule is CC(Cl)C(=O)Nc1ccc(C(C)(C)C#N)cc1. The largest absolute Gasteiger partial charge is 0.325 e. The molecular weight excluding hydrogens is 236 g/mol. The van der Waals surface area contributed by atoms with Gasteiger partial charge in [0.1, 0.15) is 5.38 Å². The van der Waals surface area contributed by atoms with E-state index in [9.17, 15) is 4.79 Å². The minimum atomic E-state index is -0.565. The summed E-state index contributed by atoms with van der Waals surface area (Å²) in [7, 11) is 0. The Morgan fingerprint density at radius 2 is 1.94 bits per heavy atom. The molecule has 3 nitrogen and oxygen atoms in total. The fourth-order valence-corrected chi connectivity index (χ4v) is 1.33. The van der Waals surface area contributed by atoms with Crippen LogP contribution in [0, 0.1) is 11.3 Å². The number of rotatable bonds is 3. The van der Waals surface area contributed by atoms with Crippen molar-refractivity contribution in [1.82, 2.24) is 0 Å². The van der Waals surface area contributed by atoms with Crippen molar-refractivity contribution in [2.45, 2.75) is 31.6 Å². The highest BCUT2D eigenvalue weighted by molar-refractivity contribution is 6.32. The van der Waals surface area contributed by atoms with E-state index < -0.39 is 10.8 Å². The van der Waals surface area contributed by atoms with E-state index in [0.29, 0.717) is 5.69 Å². The van der Waals surface area contributed by atoms with Crippen LogP contribution < -0.4 is 5.32 Å². The van der Waals surface area contributed by atoms with Gasteiger partial charge in [0.05, 0.1) is 11.5 Å². The van der Waals surface area contributed by atoms with Crippen molar-refractivity contribution in [2.75, 3.05) is 5.32 Å². The van der Waals surface area contributed by atoms with Gasteiger partial charge in [-0.15, -0.1) is 11.6 Å². The van der Waals surface area contributed by atoms with Crippen molar-refractivity contribution in [3.8, 4) is 6.07 Å². The molecule has 0 heterocycles. The normalized spacial score (nSPS) is 12.6. The lowest BCUT2D eigenvalue weighted by Gasteiger charge is -2.16. The molecule has 0 saturated heterocycles. The molecule has 0 aliphatic rings. The molecule has 4 heteroatoms. The predicted molar refractivity (Wildman–Crippen MR) is 69.0 cm³/mol. The lowest BCUT2D eigenvalue weighted by molar-refractivity contribution is -0.115. The predicted octanol–water partition coefficient (Wildman–Crippen LogP) is 3.05. The molecule has 0 aliphatic carbocycles. The van der Waals surface area contributed by atoms with Gasteiger partial charge >= 0.3 is 0 Å². The summed E-state index contributed by atoms with van der Waals surface area (Å²) in [6, 6.07) is 9.43. The topological polar surface area (TPSA) is 52.9 Å². The summed E-state index contributed by atoms with van der Waals surface area (Å²) in [6.45, 7) is 5.31. The number of hydrogen-bond donors (Lipinski definition) is 1. The summed E-state index contributed by atoms with van der Waals surface area (Å²) < 4.78 is 0. The van der Waals surface area contributed by atoms with Gasteiger partial charge in [0.15, 0.2) is 0 Å². The molecular formula is C13H15ClN2O. The average molecular weight is 251 g/mol. The third-order valence-corrected chi connectivity index (χ3v) is 2.71. The van der Waals surface area contributed by atoms with Crippen molar-refractivity contribution in [1.29, 1.82) is 5.26 Å². The van der Waals surface area contributed by atoms with E-state index in [-0.39, 0.29) is 5.91 Å². The van der Waals surface area contributed by atoms with Gasteiger partial charge < -0.3 is 5.32 Å². The quantitative estimate of drug-likeness (QED) is 0.839. The number of hydrogen-bond acceptors (Lipinski definition) is 2. The van der Waals surface area contributed by atoms with Crippen LogP contribution in [0.4, 0.5) is 5.69 Å². The summed E-state index contributed by atoms with van der Waals surface area (Å²) in [6.07, 6.45) is 0. The average Bonchev–Trinajstić information content (AvgIpc) is 2.29. The molecule has 1 N–H and O–H groups in total. The number of anilines is 1. The monoisotopic (exact) mass is 250 g/mol. The van der Waals surface area contributed by atoms with Gasteiger partial charge in [0.2, 0.25) is 5.91 Å². The molecule has 1 rings (SSSR count). The van der Waals surface area contributed by atoms with Crippen LogP contribution in [0.5, 0.6) is 0 Å². The number of carbonyl (C=O) groups is 1. The number of alkyl halides is 1. The minimum absolute atomic E-state index is 0.237. The van der Waals surface area contributed by atoms with Gasteiger partial charge in [-0.3, -0.25) is 4.79 Å². The van der Waals surface area contributed by atoms with Crippen LogP contribution in [0.25, 0.3) is 0 Å². The van der Waals surface area contributed by atoms with Crippen molar-refractivity contribution < 1.29 is 4.79 Å². The Hall–Kier alpha value is -1.53. The number of nitriles is 1. The van der Waals surface area contributed by atoms with Gasteiger partial charge in [-0.2, -0.15) is 5.26 Å². The maximum absolute atomic E-state index is 11.4. The zero-order chi connectivity index (χ0) is 13.1.